The van der Waals surface area contributed by atoms with Gasteiger partial charge in [0.15, 0.2) is 0 Å². The molecule has 4 rings (SSSR count). The van der Waals surface area contributed by atoms with Crippen LogP contribution in [0.5, 0.6) is 11.6 Å². The molecule has 1 amide bonds. The highest BCUT2D eigenvalue weighted by Gasteiger charge is 2.25. The highest BCUT2D eigenvalue weighted by Crippen LogP contribution is 2.39. The summed E-state index contributed by atoms with van der Waals surface area (Å²) >= 11 is 6.28. The fourth-order valence-electron chi connectivity index (χ4n) is 4.51. The van der Waals surface area contributed by atoms with Gasteiger partial charge in [0.1, 0.15) is 16.9 Å². The van der Waals surface area contributed by atoms with E-state index in [9.17, 15) is 4.79 Å². The highest BCUT2D eigenvalue weighted by molar-refractivity contribution is 6.31. The number of hydrogen-bond donors (Lipinski definition) is 3. The Labute approximate surface area is 217 Å². The lowest BCUT2D eigenvalue weighted by Crippen LogP contribution is -2.42. The summed E-state index contributed by atoms with van der Waals surface area (Å²) in [5.74, 6) is 0.929. The summed E-state index contributed by atoms with van der Waals surface area (Å²) < 4.78 is 11.7. The number of halogens is 1. The van der Waals surface area contributed by atoms with E-state index >= 15 is 0 Å². The molecule has 1 atom stereocenters. The first kappa shape index (κ1) is 26.0. The van der Waals surface area contributed by atoms with E-state index in [0.717, 1.165) is 51.1 Å². The summed E-state index contributed by atoms with van der Waals surface area (Å²) in [6, 6.07) is 4.29. The Kier molecular flexibility index (Phi) is 8.50. The van der Waals surface area contributed by atoms with Gasteiger partial charge in [-0.15, -0.1) is 0 Å². The molecule has 2 saturated heterocycles. The van der Waals surface area contributed by atoms with Crippen LogP contribution >= 0.6 is 11.6 Å². The number of nitrogens with zero attached hydrogens (tertiary/aromatic N) is 4. The van der Waals surface area contributed by atoms with Crippen LogP contribution in [0.1, 0.15) is 19.3 Å². The number of aromatic nitrogens is 2. The molecule has 0 saturated carbocycles. The van der Waals surface area contributed by atoms with Gasteiger partial charge < -0.3 is 35.2 Å². The maximum absolute atomic E-state index is 12.3. The van der Waals surface area contributed by atoms with Crippen molar-refractivity contribution in [2.45, 2.75) is 31.4 Å². The monoisotopic (exact) mass is 515 g/mol. The SMILES string of the molecule is C=CC(=O)Nc1cc(Nc2ncc(Cl)c(O[C@H]3CCNC3)n2)c(OC)cc1N1CCC(N(C)C)CC1. The zero-order valence-electron chi connectivity index (χ0n) is 21.0. The number of carbonyl (C=O) groups excluding carboxylic acids is 1. The van der Waals surface area contributed by atoms with Crippen molar-refractivity contribution in [2.24, 2.45) is 0 Å². The molecule has 36 heavy (non-hydrogen) atoms. The van der Waals surface area contributed by atoms with Crippen molar-refractivity contribution < 1.29 is 14.3 Å². The number of hydrogen-bond acceptors (Lipinski definition) is 9. The summed E-state index contributed by atoms with van der Waals surface area (Å²) in [5.41, 5.74) is 2.13. The van der Waals surface area contributed by atoms with E-state index in [2.05, 4.69) is 56.4 Å². The van der Waals surface area contributed by atoms with Crippen molar-refractivity contribution in [3.05, 3.63) is 36.0 Å². The summed E-state index contributed by atoms with van der Waals surface area (Å²) in [7, 11) is 5.83. The highest BCUT2D eigenvalue weighted by atomic mass is 35.5. The molecule has 2 aliphatic rings. The van der Waals surface area contributed by atoms with Crippen LogP contribution in [0.4, 0.5) is 23.0 Å². The van der Waals surface area contributed by atoms with Crippen molar-refractivity contribution >= 4 is 40.5 Å². The van der Waals surface area contributed by atoms with Crippen LogP contribution in [0, 0.1) is 0 Å². The van der Waals surface area contributed by atoms with Crippen LogP contribution in [0.3, 0.4) is 0 Å². The summed E-state index contributed by atoms with van der Waals surface area (Å²) in [6.45, 7) is 6.97. The van der Waals surface area contributed by atoms with Gasteiger partial charge in [0.05, 0.1) is 30.4 Å². The molecule has 1 aromatic heterocycles. The minimum atomic E-state index is -0.292. The third kappa shape index (κ3) is 6.18. The lowest BCUT2D eigenvalue weighted by molar-refractivity contribution is -0.111. The Morgan fingerprint density at radius 2 is 2.06 bits per heavy atom. The van der Waals surface area contributed by atoms with Gasteiger partial charge in [-0.05, 0) is 52.0 Å². The predicted octanol–water partition coefficient (Wildman–Crippen LogP) is 3.28. The predicted molar refractivity (Wildman–Crippen MR) is 143 cm³/mol. The quantitative estimate of drug-likeness (QED) is 0.434. The molecule has 10 nitrogen and oxygen atoms in total. The molecule has 3 heterocycles. The minimum absolute atomic E-state index is 0.0106. The Bertz CT molecular complexity index is 1080. The van der Waals surface area contributed by atoms with E-state index < -0.39 is 0 Å². The Balaban J connectivity index is 1.61. The number of methoxy groups -OCH3 is 1. The molecule has 0 radical (unpaired) electrons. The Morgan fingerprint density at radius 3 is 2.69 bits per heavy atom. The van der Waals surface area contributed by atoms with Gasteiger partial charge in [0, 0.05) is 31.7 Å². The lowest BCUT2D eigenvalue weighted by atomic mass is 10.0. The van der Waals surface area contributed by atoms with Crippen molar-refractivity contribution in [1.82, 2.24) is 20.2 Å². The molecule has 11 heteroatoms. The number of piperidine rings is 1. The largest absolute Gasteiger partial charge is 0.494 e. The normalized spacial score (nSPS) is 18.2. The van der Waals surface area contributed by atoms with Gasteiger partial charge in [-0.3, -0.25) is 4.79 Å². The molecule has 0 aliphatic carbocycles. The molecule has 2 aliphatic heterocycles. The number of nitrogens with one attached hydrogen (secondary N) is 3. The van der Waals surface area contributed by atoms with E-state index in [0.29, 0.717) is 40.0 Å². The first-order chi connectivity index (χ1) is 17.4. The molecule has 1 aromatic carbocycles. The number of benzene rings is 1. The van der Waals surface area contributed by atoms with E-state index in [4.69, 9.17) is 21.1 Å². The standard InChI is InChI=1S/C25H34ClN7O3/c1-5-23(34)29-19-12-20(22(35-4)13-21(19)33-10-7-16(8-11-33)32(2)3)30-25-28-15-18(26)24(31-25)36-17-6-9-27-14-17/h5,12-13,15-17,27H,1,6-11,14H2,2-4H3,(H,29,34)(H,28,30,31)/t17-/m0/s1. The van der Waals surface area contributed by atoms with E-state index in [1.807, 2.05) is 12.1 Å². The lowest BCUT2D eigenvalue weighted by Gasteiger charge is -2.37. The van der Waals surface area contributed by atoms with Gasteiger partial charge in [0.25, 0.3) is 0 Å². The van der Waals surface area contributed by atoms with Gasteiger partial charge >= 0.3 is 0 Å². The topological polar surface area (TPSA) is 104 Å². The number of amides is 1. The van der Waals surface area contributed by atoms with Crippen molar-refractivity contribution in [3.63, 3.8) is 0 Å². The fraction of sp³-hybridized carbons (Fsp3) is 0.480. The second kappa shape index (κ2) is 11.8. The second-order valence-corrected chi connectivity index (χ2v) is 9.56. The molecule has 3 N–H and O–H groups in total. The smallest absolute Gasteiger partial charge is 0.247 e. The Morgan fingerprint density at radius 1 is 1.28 bits per heavy atom. The molecule has 0 bridgehead atoms. The minimum Gasteiger partial charge on any atom is -0.494 e. The molecular weight excluding hydrogens is 482 g/mol. The molecule has 0 spiro atoms. The first-order valence-corrected chi connectivity index (χ1v) is 12.5. The number of rotatable bonds is 9. The summed E-state index contributed by atoms with van der Waals surface area (Å²) in [4.78, 5) is 25.6. The third-order valence-electron chi connectivity index (χ3n) is 6.55. The molecule has 2 fully saturated rings. The first-order valence-electron chi connectivity index (χ1n) is 12.1. The van der Waals surface area contributed by atoms with Crippen molar-refractivity contribution in [2.75, 3.05) is 62.9 Å². The van der Waals surface area contributed by atoms with E-state index in [-0.39, 0.29) is 12.0 Å². The van der Waals surface area contributed by atoms with Gasteiger partial charge in [0.2, 0.25) is 17.7 Å². The number of carbonyl (C=O) groups is 1. The molecule has 0 unspecified atom stereocenters. The van der Waals surface area contributed by atoms with Crippen LogP contribution in [0.2, 0.25) is 5.02 Å². The van der Waals surface area contributed by atoms with Gasteiger partial charge in [-0.2, -0.15) is 4.98 Å². The Hall–Kier alpha value is -3.08. The zero-order valence-corrected chi connectivity index (χ0v) is 21.8. The van der Waals surface area contributed by atoms with Crippen LogP contribution in [-0.4, -0.2) is 80.3 Å². The maximum Gasteiger partial charge on any atom is 0.247 e. The zero-order chi connectivity index (χ0) is 25.7. The number of anilines is 4. The fourth-order valence-corrected chi connectivity index (χ4v) is 4.64. The van der Waals surface area contributed by atoms with Gasteiger partial charge in [-0.25, -0.2) is 4.98 Å². The van der Waals surface area contributed by atoms with Crippen LogP contribution in [-0.2, 0) is 4.79 Å². The summed E-state index contributed by atoms with van der Waals surface area (Å²) in [6.07, 6.45) is 5.71. The average molecular weight is 516 g/mol. The van der Waals surface area contributed by atoms with Crippen LogP contribution in [0.15, 0.2) is 31.0 Å². The maximum atomic E-state index is 12.3. The average Bonchev–Trinajstić information content (AvgIpc) is 3.39. The van der Waals surface area contributed by atoms with E-state index in [1.165, 1.54) is 12.3 Å². The second-order valence-electron chi connectivity index (χ2n) is 9.15. The molecule has 2 aromatic rings. The van der Waals surface area contributed by atoms with Crippen molar-refractivity contribution in [3.8, 4) is 11.6 Å². The van der Waals surface area contributed by atoms with E-state index in [1.54, 1.807) is 7.11 Å². The molecule has 194 valence electrons. The summed E-state index contributed by atoms with van der Waals surface area (Å²) in [5, 5.41) is 9.73. The van der Waals surface area contributed by atoms with Crippen LogP contribution < -0.4 is 30.3 Å². The third-order valence-corrected chi connectivity index (χ3v) is 6.81. The molecular formula is C25H34ClN7O3. The van der Waals surface area contributed by atoms with Crippen molar-refractivity contribution in [1.29, 1.82) is 0 Å². The van der Waals surface area contributed by atoms with Gasteiger partial charge in [-0.1, -0.05) is 18.2 Å². The van der Waals surface area contributed by atoms with Crippen LogP contribution in [0.25, 0.3) is 0 Å². The number of ether oxygens (including phenoxy) is 2.